The van der Waals surface area contributed by atoms with Crippen LogP contribution in [-0.4, -0.2) is 52.5 Å². The fourth-order valence-corrected chi connectivity index (χ4v) is 4.76. The molecule has 5 nitrogen and oxygen atoms in total. The Morgan fingerprint density at radius 2 is 2.00 bits per heavy atom. The van der Waals surface area contributed by atoms with Gasteiger partial charge in [0.15, 0.2) is 0 Å². The Labute approximate surface area is 177 Å². The number of amides is 1. The van der Waals surface area contributed by atoms with Crippen LogP contribution in [0.3, 0.4) is 0 Å². The maximum Gasteiger partial charge on any atom is 0.222 e. The monoisotopic (exact) mass is 430 g/mol. The van der Waals surface area contributed by atoms with E-state index in [-0.39, 0.29) is 36.5 Å². The number of rotatable bonds is 4. The molecule has 1 amide bonds. The number of piperidine rings is 2. The highest BCUT2D eigenvalue weighted by Gasteiger charge is 2.38. The second-order valence-electron chi connectivity index (χ2n) is 7.66. The highest BCUT2D eigenvalue weighted by Crippen LogP contribution is 2.32. The lowest BCUT2D eigenvalue weighted by Gasteiger charge is -2.47. The number of likely N-dealkylation sites (tertiary alicyclic amines) is 2. The zero-order valence-electron chi connectivity index (χ0n) is 16.1. The Morgan fingerprint density at radius 3 is 2.75 bits per heavy atom. The first-order chi connectivity index (χ1) is 12.6. The summed E-state index contributed by atoms with van der Waals surface area (Å²) in [5, 5.41) is 0.953. The molecule has 4 rings (SSSR count). The highest BCUT2D eigenvalue weighted by atomic mass is 35.5. The third kappa shape index (κ3) is 4.30. The minimum absolute atomic E-state index is 0. The van der Waals surface area contributed by atoms with Gasteiger partial charge in [0.1, 0.15) is 5.82 Å². The van der Waals surface area contributed by atoms with E-state index in [9.17, 15) is 9.18 Å². The van der Waals surface area contributed by atoms with E-state index >= 15 is 0 Å². The molecule has 2 atom stereocenters. The van der Waals surface area contributed by atoms with E-state index < -0.39 is 0 Å². The van der Waals surface area contributed by atoms with Gasteiger partial charge in [-0.15, -0.1) is 24.8 Å². The van der Waals surface area contributed by atoms with E-state index in [1.807, 2.05) is 18.0 Å². The Hall–Kier alpha value is -1.34. The molecule has 1 aromatic carbocycles. The summed E-state index contributed by atoms with van der Waals surface area (Å²) in [6.45, 7) is 4.06. The van der Waals surface area contributed by atoms with E-state index in [0.29, 0.717) is 31.5 Å². The number of benzene rings is 1. The molecule has 3 heterocycles. The van der Waals surface area contributed by atoms with Crippen LogP contribution in [-0.2, 0) is 18.4 Å². The summed E-state index contributed by atoms with van der Waals surface area (Å²) in [4.78, 5) is 16.7. The SMILES string of the molecule is Cl.Cl.Cn1c(CN2CC[C@@H]3[C@@H](CCC(=O)N3CCN)C2)cc2cc(F)ccc21. The van der Waals surface area contributed by atoms with Gasteiger partial charge in [-0.1, -0.05) is 0 Å². The first kappa shape index (κ1) is 22.9. The predicted octanol–water partition coefficient (Wildman–Crippen LogP) is 2.93. The summed E-state index contributed by atoms with van der Waals surface area (Å²) in [5.74, 6) is 0.600. The minimum atomic E-state index is -0.192. The smallest absolute Gasteiger partial charge is 0.222 e. The van der Waals surface area contributed by atoms with Crippen LogP contribution >= 0.6 is 24.8 Å². The second-order valence-corrected chi connectivity index (χ2v) is 7.66. The van der Waals surface area contributed by atoms with E-state index in [1.165, 1.54) is 11.8 Å². The van der Waals surface area contributed by atoms with Crippen LogP contribution < -0.4 is 5.73 Å². The largest absolute Gasteiger partial charge is 0.346 e. The number of aryl methyl sites for hydroxylation is 1. The molecule has 2 N–H and O–H groups in total. The van der Waals surface area contributed by atoms with Crippen molar-refractivity contribution in [3.63, 3.8) is 0 Å². The molecular weight excluding hydrogens is 402 g/mol. The normalized spacial score (nSPS) is 22.5. The van der Waals surface area contributed by atoms with Crippen molar-refractivity contribution in [3.05, 3.63) is 35.8 Å². The third-order valence-electron chi connectivity index (χ3n) is 6.09. The van der Waals surface area contributed by atoms with Crippen molar-refractivity contribution in [1.82, 2.24) is 14.4 Å². The molecule has 8 heteroatoms. The molecule has 0 bridgehead atoms. The van der Waals surface area contributed by atoms with Crippen molar-refractivity contribution in [1.29, 1.82) is 0 Å². The van der Waals surface area contributed by atoms with Gasteiger partial charge in [-0.3, -0.25) is 9.69 Å². The Balaban J connectivity index is 0.00000140. The van der Waals surface area contributed by atoms with Crippen molar-refractivity contribution in [3.8, 4) is 0 Å². The van der Waals surface area contributed by atoms with E-state index in [4.69, 9.17) is 5.73 Å². The van der Waals surface area contributed by atoms with Crippen LogP contribution in [0.5, 0.6) is 0 Å². The minimum Gasteiger partial charge on any atom is -0.346 e. The van der Waals surface area contributed by atoms with Crippen LogP contribution in [0.4, 0.5) is 4.39 Å². The van der Waals surface area contributed by atoms with Gasteiger partial charge >= 0.3 is 0 Å². The lowest BCUT2D eigenvalue weighted by Crippen LogP contribution is -2.56. The van der Waals surface area contributed by atoms with Crippen LogP contribution in [0.2, 0.25) is 0 Å². The number of carbonyl (C=O) groups is 1. The summed E-state index contributed by atoms with van der Waals surface area (Å²) >= 11 is 0. The van der Waals surface area contributed by atoms with Crippen LogP contribution in [0.1, 0.15) is 25.0 Å². The van der Waals surface area contributed by atoms with Crippen molar-refractivity contribution < 1.29 is 9.18 Å². The molecule has 156 valence electrons. The summed E-state index contributed by atoms with van der Waals surface area (Å²) in [6.07, 6.45) is 2.62. The number of aromatic nitrogens is 1. The lowest BCUT2D eigenvalue weighted by atomic mass is 9.83. The summed E-state index contributed by atoms with van der Waals surface area (Å²) in [6, 6.07) is 7.40. The molecule has 28 heavy (non-hydrogen) atoms. The zero-order valence-corrected chi connectivity index (χ0v) is 17.8. The summed E-state index contributed by atoms with van der Waals surface area (Å²) in [5.41, 5.74) is 7.97. The van der Waals surface area contributed by atoms with Gasteiger partial charge in [-0.25, -0.2) is 4.39 Å². The van der Waals surface area contributed by atoms with Gasteiger partial charge in [0.25, 0.3) is 0 Å². The van der Waals surface area contributed by atoms with Gasteiger partial charge in [-0.2, -0.15) is 0 Å². The van der Waals surface area contributed by atoms with Crippen molar-refractivity contribution in [2.45, 2.75) is 31.8 Å². The molecule has 0 spiro atoms. The molecule has 2 saturated heterocycles. The number of hydrogen-bond acceptors (Lipinski definition) is 3. The molecule has 2 aromatic rings. The number of carbonyl (C=O) groups excluding carboxylic acids is 1. The Morgan fingerprint density at radius 1 is 1.21 bits per heavy atom. The molecule has 0 aliphatic carbocycles. The number of fused-ring (bicyclic) bond motifs is 2. The highest BCUT2D eigenvalue weighted by molar-refractivity contribution is 5.85. The van der Waals surface area contributed by atoms with Crippen LogP contribution in [0.25, 0.3) is 10.9 Å². The summed E-state index contributed by atoms with van der Waals surface area (Å²) < 4.78 is 15.7. The van der Waals surface area contributed by atoms with Gasteiger partial charge in [0, 0.05) is 68.8 Å². The van der Waals surface area contributed by atoms with Gasteiger partial charge in [-0.05, 0) is 43.0 Å². The molecule has 2 aliphatic rings. The maximum absolute atomic E-state index is 13.5. The lowest BCUT2D eigenvalue weighted by molar-refractivity contribution is -0.141. The van der Waals surface area contributed by atoms with Crippen molar-refractivity contribution >= 4 is 41.6 Å². The molecule has 0 radical (unpaired) electrons. The van der Waals surface area contributed by atoms with E-state index in [2.05, 4.69) is 15.5 Å². The Kier molecular flexibility index (Phi) is 7.73. The molecule has 2 fully saturated rings. The quantitative estimate of drug-likeness (QED) is 0.810. The number of hydrogen-bond donors (Lipinski definition) is 1. The first-order valence-electron chi connectivity index (χ1n) is 9.52. The maximum atomic E-state index is 13.5. The average molecular weight is 431 g/mol. The molecule has 0 unspecified atom stereocenters. The average Bonchev–Trinajstić information content (AvgIpc) is 2.92. The molecule has 0 saturated carbocycles. The van der Waals surface area contributed by atoms with Crippen LogP contribution in [0.15, 0.2) is 24.3 Å². The van der Waals surface area contributed by atoms with Gasteiger partial charge < -0.3 is 15.2 Å². The zero-order chi connectivity index (χ0) is 18.3. The predicted molar refractivity (Wildman–Crippen MR) is 115 cm³/mol. The van der Waals surface area contributed by atoms with Crippen molar-refractivity contribution in [2.75, 3.05) is 26.2 Å². The van der Waals surface area contributed by atoms with Gasteiger partial charge in [0.05, 0.1) is 0 Å². The van der Waals surface area contributed by atoms with Crippen LogP contribution in [0, 0.1) is 11.7 Å². The Bertz CT molecular complexity index is 828. The number of nitrogens with two attached hydrogens (primary N) is 1. The number of nitrogens with zero attached hydrogens (tertiary/aromatic N) is 3. The second kappa shape index (κ2) is 9.44. The fourth-order valence-electron chi connectivity index (χ4n) is 4.76. The molecular formula is C20H29Cl2FN4O. The van der Waals surface area contributed by atoms with E-state index in [0.717, 1.165) is 43.4 Å². The third-order valence-corrected chi connectivity index (χ3v) is 6.09. The molecule has 1 aromatic heterocycles. The topological polar surface area (TPSA) is 54.5 Å². The van der Waals surface area contributed by atoms with Gasteiger partial charge in [0.2, 0.25) is 5.91 Å². The van der Waals surface area contributed by atoms with Crippen molar-refractivity contribution in [2.24, 2.45) is 18.7 Å². The molecule has 2 aliphatic heterocycles. The van der Waals surface area contributed by atoms with E-state index in [1.54, 1.807) is 6.07 Å². The standard InChI is InChI=1S/C20H27FN4O.2ClH/c1-23-17(11-15-10-16(21)3-4-18(15)23)13-24-8-6-19-14(12-24)2-5-20(26)25(19)9-7-22;;/h3-4,10-11,14,19H,2,5-9,12-13,22H2,1H3;2*1H/t14-,19+;;/m0../s1. The first-order valence-corrected chi connectivity index (χ1v) is 9.52. The fraction of sp³-hybridized carbons (Fsp3) is 0.550. The summed E-state index contributed by atoms with van der Waals surface area (Å²) in [7, 11) is 2.05. The number of halogens is 3.